The van der Waals surface area contributed by atoms with Crippen LogP contribution in [0.5, 0.6) is 11.5 Å². The monoisotopic (exact) mass is 540 g/mol. The van der Waals surface area contributed by atoms with Gasteiger partial charge in [-0.25, -0.2) is 10.4 Å². The molecule has 0 spiro atoms. The lowest BCUT2D eigenvalue weighted by Crippen LogP contribution is -2.29. The molecule has 174 valence electrons. The number of nitrogens with zero attached hydrogens (tertiary/aromatic N) is 3. The van der Waals surface area contributed by atoms with Gasteiger partial charge in [0.15, 0.2) is 11.5 Å². The van der Waals surface area contributed by atoms with E-state index in [0.29, 0.717) is 38.4 Å². The number of methoxy groups -OCH3 is 1. The molecule has 2 aromatic carbocycles. The Labute approximate surface area is 208 Å². The van der Waals surface area contributed by atoms with Gasteiger partial charge in [-0.05, 0) is 52.2 Å². The number of nitrogens with one attached hydrogen (secondary N) is 1. The van der Waals surface area contributed by atoms with Crippen LogP contribution in [-0.4, -0.2) is 35.4 Å². The number of carbonyl (C=O) groups excluding carboxylic acids is 1. The van der Waals surface area contributed by atoms with E-state index in [9.17, 15) is 9.59 Å². The van der Waals surface area contributed by atoms with Gasteiger partial charge in [0.25, 0.3) is 11.5 Å². The second-order valence-electron chi connectivity index (χ2n) is 7.13. The molecule has 1 amide bonds. The fourth-order valence-electron chi connectivity index (χ4n) is 3.28. The summed E-state index contributed by atoms with van der Waals surface area (Å²) in [6.07, 6.45) is 2.86. The number of amides is 1. The van der Waals surface area contributed by atoms with Crippen LogP contribution in [0, 0.1) is 0 Å². The van der Waals surface area contributed by atoms with E-state index in [1.807, 2.05) is 43.3 Å². The van der Waals surface area contributed by atoms with Gasteiger partial charge in [0.2, 0.25) is 0 Å². The number of benzene rings is 2. The summed E-state index contributed by atoms with van der Waals surface area (Å²) in [6, 6.07) is 15.1. The Hall–Kier alpha value is -3.50. The Balaban J connectivity index is 1.46. The summed E-state index contributed by atoms with van der Waals surface area (Å²) >= 11 is 4.89. The van der Waals surface area contributed by atoms with Crippen LogP contribution in [0.3, 0.4) is 0 Å². The fourth-order valence-corrected chi connectivity index (χ4v) is 4.85. The lowest BCUT2D eigenvalue weighted by Gasteiger charge is -2.12. The third-order valence-corrected chi connectivity index (χ3v) is 6.51. The van der Waals surface area contributed by atoms with Crippen molar-refractivity contribution in [2.45, 2.75) is 13.5 Å². The van der Waals surface area contributed by atoms with E-state index in [1.54, 1.807) is 19.2 Å². The van der Waals surface area contributed by atoms with Gasteiger partial charge in [-0.15, -0.1) is 11.3 Å². The molecule has 1 N–H and O–H groups in total. The number of hydrazone groups is 1. The number of hydrogen-bond acceptors (Lipinski definition) is 7. The highest BCUT2D eigenvalue weighted by atomic mass is 79.9. The van der Waals surface area contributed by atoms with Crippen LogP contribution in [0.25, 0.3) is 20.7 Å². The van der Waals surface area contributed by atoms with Crippen molar-refractivity contribution >= 4 is 49.6 Å². The number of thiophene rings is 1. The van der Waals surface area contributed by atoms with Crippen LogP contribution >= 0.6 is 27.3 Å². The minimum atomic E-state index is -0.449. The van der Waals surface area contributed by atoms with Gasteiger partial charge < -0.3 is 9.47 Å². The highest BCUT2D eigenvalue weighted by molar-refractivity contribution is 9.10. The van der Waals surface area contributed by atoms with Gasteiger partial charge >= 0.3 is 0 Å². The smallest absolute Gasteiger partial charge is 0.262 e. The SMILES string of the molecule is CCOc1c(Br)cc(C=NNC(=O)Cn2cnc3sc(-c4ccccc4)cc3c2=O)cc1OC. The maximum atomic E-state index is 12.9. The Bertz CT molecular complexity index is 1420. The van der Waals surface area contributed by atoms with Gasteiger partial charge in [0, 0.05) is 4.88 Å². The van der Waals surface area contributed by atoms with Crippen LogP contribution in [0.1, 0.15) is 12.5 Å². The van der Waals surface area contributed by atoms with Crippen molar-refractivity contribution in [3.8, 4) is 21.9 Å². The van der Waals surface area contributed by atoms with Crippen molar-refractivity contribution in [1.82, 2.24) is 15.0 Å². The quantitative estimate of drug-likeness (QED) is 0.263. The maximum Gasteiger partial charge on any atom is 0.262 e. The standard InChI is InChI=1S/C24H21BrN4O4S/c1-3-33-22-18(25)9-15(10-19(22)32-2)12-27-28-21(30)13-29-14-26-23-17(24(29)31)11-20(34-23)16-7-5-4-6-8-16/h4-12,14H,3,13H2,1-2H3,(H,28,30). The van der Waals surface area contributed by atoms with Gasteiger partial charge in [0.1, 0.15) is 11.4 Å². The molecule has 8 nitrogen and oxygen atoms in total. The molecule has 0 bridgehead atoms. The van der Waals surface area contributed by atoms with Crippen LogP contribution in [0.15, 0.2) is 69.2 Å². The summed E-state index contributed by atoms with van der Waals surface area (Å²) in [6.45, 7) is 2.18. The number of fused-ring (bicyclic) bond motifs is 1. The van der Waals surface area contributed by atoms with Crippen LogP contribution in [0.4, 0.5) is 0 Å². The summed E-state index contributed by atoms with van der Waals surface area (Å²) < 4.78 is 12.9. The average molecular weight is 541 g/mol. The first-order valence-corrected chi connectivity index (χ1v) is 12.0. The lowest BCUT2D eigenvalue weighted by molar-refractivity contribution is -0.121. The first-order chi connectivity index (χ1) is 16.5. The van der Waals surface area contributed by atoms with Gasteiger partial charge in [-0.3, -0.25) is 14.2 Å². The van der Waals surface area contributed by atoms with E-state index in [-0.39, 0.29) is 12.1 Å². The molecule has 0 aliphatic carbocycles. The minimum absolute atomic E-state index is 0.202. The van der Waals surface area contributed by atoms with E-state index < -0.39 is 5.91 Å². The van der Waals surface area contributed by atoms with E-state index >= 15 is 0 Å². The molecule has 0 unspecified atom stereocenters. The number of halogens is 1. The topological polar surface area (TPSA) is 94.8 Å². The van der Waals surface area contributed by atoms with Crippen molar-refractivity contribution in [2.75, 3.05) is 13.7 Å². The largest absolute Gasteiger partial charge is 0.493 e. The number of carbonyl (C=O) groups is 1. The van der Waals surface area contributed by atoms with Gasteiger partial charge in [-0.2, -0.15) is 5.10 Å². The Kier molecular flexibility index (Phi) is 7.39. The molecule has 34 heavy (non-hydrogen) atoms. The molecule has 0 aliphatic rings. The molecule has 0 atom stereocenters. The normalized spacial score (nSPS) is 11.1. The third-order valence-electron chi connectivity index (χ3n) is 4.83. The molecule has 10 heteroatoms. The van der Waals surface area contributed by atoms with Crippen LogP contribution in [-0.2, 0) is 11.3 Å². The number of rotatable bonds is 8. The third kappa shape index (κ3) is 5.18. The summed E-state index contributed by atoms with van der Waals surface area (Å²) in [4.78, 5) is 31.2. The lowest BCUT2D eigenvalue weighted by atomic mass is 10.2. The zero-order chi connectivity index (χ0) is 24.1. The molecule has 4 rings (SSSR count). The second kappa shape index (κ2) is 10.6. The van der Waals surface area contributed by atoms with E-state index in [2.05, 4.69) is 31.4 Å². The predicted molar refractivity (Wildman–Crippen MR) is 137 cm³/mol. The highest BCUT2D eigenvalue weighted by Crippen LogP contribution is 2.36. The first kappa shape index (κ1) is 23.7. The van der Waals surface area contributed by atoms with Crippen molar-refractivity contribution in [1.29, 1.82) is 0 Å². The molecule has 4 aromatic rings. The molecule has 2 aromatic heterocycles. The number of aromatic nitrogens is 2. The van der Waals surface area contributed by atoms with Crippen molar-refractivity contribution in [2.24, 2.45) is 5.10 Å². The summed E-state index contributed by atoms with van der Waals surface area (Å²) in [5, 5.41) is 4.47. The second-order valence-corrected chi connectivity index (χ2v) is 9.02. The molecule has 0 aliphatic heterocycles. The van der Waals surface area contributed by atoms with Crippen molar-refractivity contribution in [3.63, 3.8) is 0 Å². The molecule has 2 heterocycles. The molecule has 0 saturated carbocycles. The Morgan fingerprint density at radius 2 is 2.06 bits per heavy atom. The Morgan fingerprint density at radius 1 is 1.26 bits per heavy atom. The van der Waals surface area contributed by atoms with Gasteiger partial charge in [0.05, 0.1) is 36.1 Å². The van der Waals surface area contributed by atoms with E-state index in [4.69, 9.17) is 9.47 Å². The molecule has 0 saturated heterocycles. The zero-order valence-electron chi connectivity index (χ0n) is 18.4. The summed E-state index contributed by atoms with van der Waals surface area (Å²) in [5.41, 5.74) is 3.87. The average Bonchev–Trinajstić information content (AvgIpc) is 3.28. The molecular formula is C24H21BrN4O4S. The van der Waals surface area contributed by atoms with Gasteiger partial charge in [-0.1, -0.05) is 30.3 Å². The van der Waals surface area contributed by atoms with E-state index in [0.717, 1.165) is 10.4 Å². The zero-order valence-corrected chi connectivity index (χ0v) is 20.9. The summed E-state index contributed by atoms with van der Waals surface area (Å²) in [5.74, 6) is 0.688. The molecule has 0 radical (unpaired) electrons. The Morgan fingerprint density at radius 3 is 2.79 bits per heavy atom. The van der Waals surface area contributed by atoms with Crippen molar-refractivity contribution in [3.05, 3.63) is 75.2 Å². The predicted octanol–water partition coefficient (Wildman–Crippen LogP) is 4.45. The summed E-state index contributed by atoms with van der Waals surface area (Å²) in [7, 11) is 1.55. The highest BCUT2D eigenvalue weighted by Gasteiger charge is 2.13. The van der Waals surface area contributed by atoms with Crippen LogP contribution < -0.4 is 20.5 Å². The van der Waals surface area contributed by atoms with Crippen molar-refractivity contribution < 1.29 is 14.3 Å². The minimum Gasteiger partial charge on any atom is -0.493 e. The first-order valence-electron chi connectivity index (χ1n) is 10.4. The molecule has 0 fully saturated rings. The fraction of sp³-hybridized carbons (Fsp3) is 0.167. The number of ether oxygens (including phenoxy) is 2. The maximum absolute atomic E-state index is 12.9. The van der Waals surface area contributed by atoms with E-state index in [1.165, 1.54) is 28.4 Å². The molecular weight excluding hydrogens is 520 g/mol. The number of hydrogen-bond donors (Lipinski definition) is 1. The van der Waals surface area contributed by atoms with Crippen LogP contribution in [0.2, 0.25) is 0 Å².